The zero-order valence-corrected chi connectivity index (χ0v) is 10.2. The molecule has 0 unspecified atom stereocenters. The zero-order valence-electron chi connectivity index (χ0n) is 10.2. The maximum Gasteiger partial charge on any atom is 0.128 e. The molecule has 2 aromatic rings. The molecule has 1 aliphatic rings. The Balaban J connectivity index is 2.05. The predicted molar refractivity (Wildman–Crippen MR) is 69.6 cm³/mol. The predicted octanol–water partition coefficient (Wildman–Crippen LogP) is 2.42. The molecule has 0 saturated heterocycles. The molecule has 1 aromatic carbocycles. The van der Waals surface area contributed by atoms with E-state index in [0.717, 1.165) is 38.3 Å². The zero-order chi connectivity index (χ0) is 11.7. The summed E-state index contributed by atoms with van der Waals surface area (Å²) in [6.07, 6.45) is 4.29. The molecule has 3 rings (SSSR count). The molecule has 0 radical (unpaired) electrons. The van der Waals surface area contributed by atoms with Crippen LogP contribution in [-0.2, 0) is 6.42 Å². The van der Waals surface area contributed by atoms with E-state index in [2.05, 4.69) is 41.3 Å². The van der Waals surface area contributed by atoms with Gasteiger partial charge in [-0.05, 0) is 37.6 Å². The van der Waals surface area contributed by atoms with Gasteiger partial charge in [0.05, 0.1) is 6.61 Å². The summed E-state index contributed by atoms with van der Waals surface area (Å²) < 4.78 is 5.90. The first kappa shape index (κ1) is 10.7. The van der Waals surface area contributed by atoms with Crippen LogP contribution in [-0.4, -0.2) is 36.6 Å². The van der Waals surface area contributed by atoms with Gasteiger partial charge < -0.3 is 14.6 Å². The van der Waals surface area contributed by atoms with Crippen molar-refractivity contribution in [2.45, 2.75) is 12.8 Å². The molecule has 3 nitrogen and oxygen atoms in total. The van der Waals surface area contributed by atoms with Gasteiger partial charge >= 0.3 is 0 Å². The van der Waals surface area contributed by atoms with Crippen molar-refractivity contribution >= 4 is 10.9 Å². The molecule has 0 bridgehead atoms. The average molecular weight is 230 g/mol. The van der Waals surface area contributed by atoms with Crippen molar-refractivity contribution < 1.29 is 4.74 Å². The van der Waals surface area contributed by atoms with E-state index in [-0.39, 0.29) is 0 Å². The summed E-state index contributed by atoms with van der Waals surface area (Å²) in [6.45, 7) is 3.02. The van der Waals surface area contributed by atoms with Crippen LogP contribution in [0.3, 0.4) is 0 Å². The van der Waals surface area contributed by atoms with Crippen LogP contribution in [0.4, 0.5) is 0 Å². The summed E-state index contributed by atoms with van der Waals surface area (Å²) in [7, 11) is 2.18. The highest BCUT2D eigenvalue weighted by molar-refractivity contribution is 5.89. The Bertz CT molecular complexity index is 518. The fourth-order valence-electron chi connectivity index (χ4n) is 2.48. The Morgan fingerprint density at radius 3 is 3.18 bits per heavy atom. The van der Waals surface area contributed by atoms with E-state index in [1.54, 1.807) is 0 Å². The molecule has 1 aromatic heterocycles. The van der Waals surface area contributed by atoms with Crippen LogP contribution in [0.25, 0.3) is 10.9 Å². The minimum Gasteiger partial charge on any atom is -0.493 e. The number of aromatic nitrogens is 1. The Labute approximate surface area is 101 Å². The second-order valence-electron chi connectivity index (χ2n) is 4.75. The quantitative estimate of drug-likeness (QED) is 0.753. The van der Waals surface area contributed by atoms with Gasteiger partial charge in [0.2, 0.25) is 0 Å². The van der Waals surface area contributed by atoms with Crippen LogP contribution in [0.5, 0.6) is 5.75 Å². The highest BCUT2D eigenvalue weighted by Gasteiger charge is 2.12. The molecule has 0 atom stereocenters. The number of benzene rings is 1. The van der Waals surface area contributed by atoms with Crippen molar-refractivity contribution in [3.05, 3.63) is 30.0 Å². The fraction of sp³-hybridized carbons (Fsp3) is 0.429. The number of H-pyrrole nitrogens is 1. The third-order valence-electron chi connectivity index (χ3n) is 3.45. The maximum absolute atomic E-state index is 5.90. The number of rotatable bonds is 0. The van der Waals surface area contributed by atoms with Gasteiger partial charge in [-0.15, -0.1) is 0 Å². The van der Waals surface area contributed by atoms with Crippen LogP contribution in [0, 0.1) is 0 Å². The molecule has 0 saturated carbocycles. The first-order valence-electron chi connectivity index (χ1n) is 6.25. The number of nitrogens with one attached hydrogen (secondary N) is 1. The van der Waals surface area contributed by atoms with Crippen LogP contribution in [0.15, 0.2) is 24.4 Å². The summed E-state index contributed by atoms with van der Waals surface area (Å²) in [5.41, 5.74) is 2.55. The van der Waals surface area contributed by atoms with Gasteiger partial charge in [-0.1, -0.05) is 6.07 Å². The number of nitrogens with zero attached hydrogens (tertiary/aromatic N) is 1. The van der Waals surface area contributed by atoms with Crippen molar-refractivity contribution in [1.82, 2.24) is 9.88 Å². The Hall–Kier alpha value is -1.48. The Kier molecular flexibility index (Phi) is 2.77. The van der Waals surface area contributed by atoms with Gasteiger partial charge in [0, 0.05) is 30.2 Å². The van der Waals surface area contributed by atoms with E-state index < -0.39 is 0 Å². The standard InChI is InChI=1S/C14H18N2O/c1-16-7-3-9-17-13-5-2-4-12-14(13)11(6-8-16)10-15-12/h2,4-5,10,15H,3,6-9H2,1H3. The minimum absolute atomic E-state index is 0.800. The van der Waals surface area contributed by atoms with Crippen LogP contribution in [0.2, 0.25) is 0 Å². The lowest BCUT2D eigenvalue weighted by molar-refractivity contribution is 0.263. The van der Waals surface area contributed by atoms with Crippen molar-refractivity contribution in [3.63, 3.8) is 0 Å². The third kappa shape index (κ3) is 2.03. The SMILES string of the molecule is CN1CCCOc2cccc3[nH]cc(c23)CC1. The first-order chi connectivity index (χ1) is 8.34. The first-order valence-corrected chi connectivity index (χ1v) is 6.25. The molecule has 0 fully saturated rings. The lowest BCUT2D eigenvalue weighted by Crippen LogP contribution is -2.24. The molecular formula is C14H18N2O. The van der Waals surface area contributed by atoms with E-state index in [1.165, 1.54) is 16.5 Å². The van der Waals surface area contributed by atoms with Gasteiger partial charge in [0.15, 0.2) is 0 Å². The number of aromatic amines is 1. The highest BCUT2D eigenvalue weighted by Crippen LogP contribution is 2.29. The second kappa shape index (κ2) is 4.41. The second-order valence-corrected chi connectivity index (χ2v) is 4.75. The monoisotopic (exact) mass is 230 g/mol. The molecular weight excluding hydrogens is 212 g/mol. The maximum atomic E-state index is 5.90. The van der Waals surface area contributed by atoms with Crippen molar-refractivity contribution in [2.24, 2.45) is 0 Å². The van der Waals surface area contributed by atoms with Crippen molar-refractivity contribution in [1.29, 1.82) is 0 Å². The van der Waals surface area contributed by atoms with Crippen LogP contribution >= 0.6 is 0 Å². The Morgan fingerprint density at radius 2 is 2.24 bits per heavy atom. The lowest BCUT2D eigenvalue weighted by atomic mass is 10.1. The van der Waals surface area contributed by atoms with Crippen molar-refractivity contribution in [2.75, 3.05) is 26.7 Å². The third-order valence-corrected chi connectivity index (χ3v) is 3.45. The smallest absolute Gasteiger partial charge is 0.128 e. The molecule has 2 heterocycles. The Morgan fingerprint density at radius 1 is 1.29 bits per heavy atom. The van der Waals surface area contributed by atoms with Gasteiger partial charge in [0.25, 0.3) is 0 Å². The number of hydrogen-bond donors (Lipinski definition) is 1. The summed E-state index contributed by atoms with van der Waals surface area (Å²) in [5.74, 6) is 1.03. The van der Waals surface area contributed by atoms with Crippen molar-refractivity contribution in [3.8, 4) is 5.75 Å². The van der Waals surface area contributed by atoms with E-state index in [4.69, 9.17) is 4.74 Å². The van der Waals surface area contributed by atoms with Gasteiger partial charge in [-0.2, -0.15) is 0 Å². The summed E-state index contributed by atoms with van der Waals surface area (Å²) in [5, 5.41) is 1.27. The number of ether oxygens (including phenoxy) is 1. The van der Waals surface area contributed by atoms with E-state index in [0.29, 0.717) is 0 Å². The molecule has 1 aliphatic heterocycles. The number of likely N-dealkylation sites (N-methyl/N-ethyl adjacent to an activating group) is 1. The molecule has 1 N–H and O–H groups in total. The van der Waals surface area contributed by atoms with Gasteiger partial charge in [0.1, 0.15) is 5.75 Å². The molecule has 17 heavy (non-hydrogen) atoms. The molecule has 3 heteroatoms. The molecule has 90 valence electrons. The summed E-state index contributed by atoms with van der Waals surface area (Å²) in [4.78, 5) is 5.70. The van der Waals surface area contributed by atoms with Gasteiger partial charge in [-0.25, -0.2) is 0 Å². The van der Waals surface area contributed by atoms with Gasteiger partial charge in [-0.3, -0.25) is 0 Å². The average Bonchev–Trinajstić information content (AvgIpc) is 2.76. The topological polar surface area (TPSA) is 28.3 Å². The van der Waals surface area contributed by atoms with Crippen LogP contribution < -0.4 is 4.74 Å². The highest BCUT2D eigenvalue weighted by atomic mass is 16.5. The minimum atomic E-state index is 0.800. The van der Waals surface area contributed by atoms with E-state index in [1.807, 2.05) is 0 Å². The van der Waals surface area contributed by atoms with Crippen LogP contribution in [0.1, 0.15) is 12.0 Å². The summed E-state index contributed by atoms with van der Waals surface area (Å²) >= 11 is 0. The van der Waals surface area contributed by atoms with E-state index >= 15 is 0 Å². The number of hydrogen-bond acceptors (Lipinski definition) is 2. The summed E-state index contributed by atoms with van der Waals surface area (Å²) in [6, 6.07) is 6.24. The fourth-order valence-corrected chi connectivity index (χ4v) is 2.48. The molecule has 0 amide bonds. The lowest BCUT2D eigenvalue weighted by Gasteiger charge is -2.18. The largest absolute Gasteiger partial charge is 0.493 e. The normalized spacial score (nSPS) is 17.9. The molecule has 0 aliphatic carbocycles. The molecule has 0 spiro atoms. The van der Waals surface area contributed by atoms with E-state index in [9.17, 15) is 0 Å².